The molecule has 7 nitrogen and oxygen atoms in total. The quantitative estimate of drug-likeness (QED) is 0.474. The van der Waals surface area contributed by atoms with Crippen LogP contribution in [0.1, 0.15) is 0 Å². The summed E-state index contributed by atoms with van der Waals surface area (Å²) in [5, 5.41) is 0.286. The molecule has 0 saturated carbocycles. The molecule has 1 heterocycles. The van der Waals surface area contributed by atoms with E-state index in [2.05, 4.69) is 22.6 Å². The zero-order valence-electron chi connectivity index (χ0n) is 16.0. The first kappa shape index (κ1) is 20.1. The van der Waals surface area contributed by atoms with E-state index in [1.165, 1.54) is 21.3 Å². The van der Waals surface area contributed by atoms with Crippen LogP contribution in [0, 0.1) is 3.57 Å². The number of halogens is 1. The van der Waals surface area contributed by atoms with Gasteiger partial charge in [-0.1, -0.05) is 0 Å². The van der Waals surface area contributed by atoms with Crippen molar-refractivity contribution in [1.29, 1.82) is 0 Å². The summed E-state index contributed by atoms with van der Waals surface area (Å²) in [5.41, 5.74) is 0.615. The highest BCUT2D eigenvalue weighted by atomic mass is 127. The van der Waals surface area contributed by atoms with Crippen molar-refractivity contribution in [3.8, 4) is 40.1 Å². The van der Waals surface area contributed by atoms with E-state index in [9.17, 15) is 4.79 Å². The zero-order valence-corrected chi connectivity index (χ0v) is 18.2. The molecule has 0 radical (unpaired) electrons. The zero-order chi connectivity index (χ0) is 20.4. The molecule has 0 atom stereocenters. The minimum atomic E-state index is -0.342. The van der Waals surface area contributed by atoms with Crippen LogP contribution in [0.3, 0.4) is 0 Å². The lowest BCUT2D eigenvalue weighted by Gasteiger charge is -2.15. The van der Waals surface area contributed by atoms with E-state index in [1.54, 1.807) is 38.5 Å². The maximum absolute atomic E-state index is 13.2. The molecule has 0 aliphatic rings. The Bertz CT molecular complexity index is 1090. The fourth-order valence-electron chi connectivity index (χ4n) is 2.93. The van der Waals surface area contributed by atoms with Crippen molar-refractivity contribution in [2.45, 2.75) is 0 Å². The minimum absolute atomic E-state index is 0.0685. The van der Waals surface area contributed by atoms with Crippen molar-refractivity contribution in [2.24, 2.45) is 0 Å². The molecule has 1 aromatic heterocycles. The number of ether oxygens (including phenoxy) is 5. The SMILES string of the molecule is COc1ccc(-c2oc3c(I)c(OC)cc(OC)c3c(=O)c2OC)cc1OC. The number of benzene rings is 2. The van der Waals surface area contributed by atoms with Crippen LogP contribution in [0.5, 0.6) is 28.7 Å². The second-order valence-electron chi connectivity index (χ2n) is 5.66. The predicted octanol–water partition coefficient (Wildman–Crippen LogP) is 4.11. The molecule has 0 saturated heterocycles. The molecule has 3 aromatic rings. The number of methoxy groups -OCH3 is 5. The molecular weight excluding hydrogens is 479 g/mol. The van der Waals surface area contributed by atoms with E-state index in [1.807, 2.05) is 0 Å². The smallest absolute Gasteiger partial charge is 0.239 e. The lowest BCUT2D eigenvalue weighted by atomic mass is 10.1. The summed E-state index contributed by atoms with van der Waals surface area (Å²) < 4.78 is 33.6. The third kappa shape index (κ3) is 3.21. The molecule has 0 N–H and O–H groups in total. The summed E-state index contributed by atoms with van der Waals surface area (Å²) in [6.45, 7) is 0. The second-order valence-corrected chi connectivity index (χ2v) is 6.74. The topological polar surface area (TPSA) is 76.4 Å². The largest absolute Gasteiger partial charge is 0.496 e. The summed E-state index contributed by atoms with van der Waals surface area (Å²) in [6, 6.07) is 6.86. The van der Waals surface area contributed by atoms with Crippen LogP contribution >= 0.6 is 22.6 Å². The fourth-order valence-corrected chi connectivity index (χ4v) is 3.68. The van der Waals surface area contributed by atoms with Crippen molar-refractivity contribution in [3.63, 3.8) is 0 Å². The van der Waals surface area contributed by atoms with Gasteiger partial charge >= 0.3 is 0 Å². The van der Waals surface area contributed by atoms with Crippen molar-refractivity contribution < 1.29 is 28.1 Å². The van der Waals surface area contributed by atoms with Gasteiger partial charge in [0.25, 0.3) is 0 Å². The normalized spacial score (nSPS) is 10.6. The lowest BCUT2D eigenvalue weighted by molar-refractivity contribution is 0.355. The van der Waals surface area contributed by atoms with Crippen molar-refractivity contribution in [3.05, 3.63) is 38.1 Å². The molecule has 3 rings (SSSR count). The van der Waals surface area contributed by atoms with Crippen molar-refractivity contribution >= 4 is 33.6 Å². The summed E-state index contributed by atoms with van der Waals surface area (Å²) in [6.07, 6.45) is 0. The summed E-state index contributed by atoms with van der Waals surface area (Å²) in [4.78, 5) is 13.2. The Labute approximate surface area is 175 Å². The Balaban J connectivity index is 2.41. The van der Waals surface area contributed by atoms with Crippen LogP contribution in [-0.2, 0) is 0 Å². The van der Waals surface area contributed by atoms with Crippen molar-refractivity contribution in [2.75, 3.05) is 35.5 Å². The van der Waals surface area contributed by atoms with Gasteiger partial charge in [-0.15, -0.1) is 0 Å². The Kier molecular flexibility index (Phi) is 5.87. The maximum atomic E-state index is 13.2. The van der Waals surface area contributed by atoms with Gasteiger partial charge in [0.15, 0.2) is 22.8 Å². The van der Waals surface area contributed by atoms with Gasteiger partial charge in [0.2, 0.25) is 11.2 Å². The van der Waals surface area contributed by atoms with Crippen LogP contribution < -0.4 is 29.1 Å². The van der Waals surface area contributed by atoms with Crippen LogP contribution in [0.4, 0.5) is 0 Å². The van der Waals surface area contributed by atoms with E-state index < -0.39 is 0 Å². The third-order valence-corrected chi connectivity index (χ3v) is 5.31. The van der Waals surface area contributed by atoms with Gasteiger partial charge in [-0.3, -0.25) is 4.79 Å². The van der Waals surface area contributed by atoms with Gasteiger partial charge in [-0.05, 0) is 40.8 Å². The monoisotopic (exact) mass is 498 g/mol. The van der Waals surface area contributed by atoms with E-state index >= 15 is 0 Å². The highest BCUT2D eigenvalue weighted by Gasteiger charge is 2.24. The Morgan fingerprint density at radius 1 is 0.786 bits per heavy atom. The molecule has 0 unspecified atom stereocenters. The predicted molar refractivity (Wildman–Crippen MR) is 113 cm³/mol. The van der Waals surface area contributed by atoms with Crippen LogP contribution in [0.2, 0.25) is 0 Å². The molecule has 0 aliphatic heterocycles. The van der Waals surface area contributed by atoms with Crippen molar-refractivity contribution in [1.82, 2.24) is 0 Å². The molecule has 0 bridgehead atoms. The average Bonchev–Trinajstić information content (AvgIpc) is 2.73. The molecule has 0 amide bonds. The minimum Gasteiger partial charge on any atom is -0.496 e. The van der Waals surface area contributed by atoms with Crippen LogP contribution in [0.25, 0.3) is 22.3 Å². The molecule has 0 aliphatic carbocycles. The number of fused-ring (bicyclic) bond motifs is 1. The Morgan fingerprint density at radius 3 is 2.00 bits per heavy atom. The Morgan fingerprint density at radius 2 is 1.43 bits per heavy atom. The van der Waals surface area contributed by atoms with Gasteiger partial charge in [-0.2, -0.15) is 0 Å². The highest BCUT2D eigenvalue weighted by Crippen LogP contribution is 2.41. The molecule has 148 valence electrons. The van der Waals surface area contributed by atoms with Gasteiger partial charge in [0, 0.05) is 11.6 Å². The van der Waals surface area contributed by atoms with Crippen LogP contribution in [-0.4, -0.2) is 35.5 Å². The van der Waals surface area contributed by atoms with Crippen LogP contribution in [0.15, 0.2) is 33.5 Å². The average molecular weight is 498 g/mol. The first-order chi connectivity index (χ1) is 13.5. The first-order valence-electron chi connectivity index (χ1n) is 8.18. The van der Waals surface area contributed by atoms with E-state index in [4.69, 9.17) is 28.1 Å². The fraction of sp³-hybridized carbons (Fsp3) is 0.250. The summed E-state index contributed by atoms with van der Waals surface area (Å²) in [5.74, 6) is 2.29. The lowest BCUT2D eigenvalue weighted by Crippen LogP contribution is -2.10. The van der Waals surface area contributed by atoms with Gasteiger partial charge in [0.05, 0.1) is 39.1 Å². The first-order valence-corrected chi connectivity index (χ1v) is 9.26. The van der Waals surface area contributed by atoms with E-state index in [-0.39, 0.29) is 22.3 Å². The number of hydrogen-bond acceptors (Lipinski definition) is 7. The third-order valence-electron chi connectivity index (χ3n) is 4.28. The molecule has 0 fully saturated rings. The molecule has 0 spiro atoms. The number of hydrogen-bond donors (Lipinski definition) is 0. The van der Waals surface area contributed by atoms with Gasteiger partial charge < -0.3 is 28.1 Å². The summed E-state index contributed by atoms with van der Waals surface area (Å²) >= 11 is 2.07. The standard InChI is InChI=1S/C20H19IO7/c1-23-11-7-6-10(8-12(11)24-2)18-20(27-5)17(22)15-13(25-3)9-14(26-4)16(21)19(15)28-18/h6-9H,1-5H3. The highest BCUT2D eigenvalue weighted by molar-refractivity contribution is 14.1. The Hall–Kier alpha value is -2.62. The van der Waals surface area contributed by atoms with E-state index in [0.29, 0.717) is 37.7 Å². The molecular formula is C20H19IO7. The van der Waals surface area contributed by atoms with Gasteiger partial charge in [0.1, 0.15) is 16.9 Å². The summed E-state index contributed by atoms with van der Waals surface area (Å²) in [7, 11) is 7.53. The molecule has 8 heteroatoms. The second kappa shape index (κ2) is 8.17. The van der Waals surface area contributed by atoms with E-state index in [0.717, 1.165) is 0 Å². The number of rotatable bonds is 6. The molecule has 28 heavy (non-hydrogen) atoms. The van der Waals surface area contributed by atoms with Gasteiger partial charge in [-0.25, -0.2) is 0 Å². The maximum Gasteiger partial charge on any atom is 0.239 e. The molecule has 2 aromatic carbocycles.